The predicted octanol–water partition coefficient (Wildman–Crippen LogP) is 2.25. The van der Waals surface area contributed by atoms with Crippen LogP contribution in [0.2, 0.25) is 0 Å². The molecule has 1 aromatic heterocycles. The van der Waals surface area contributed by atoms with Crippen LogP contribution in [0.1, 0.15) is 17.8 Å². The number of hydrogen-bond acceptors (Lipinski definition) is 5. The summed E-state index contributed by atoms with van der Waals surface area (Å²) in [5.41, 5.74) is 6.75. The highest BCUT2D eigenvalue weighted by Crippen LogP contribution is 2.24. The molecule has 20 heavy (non-hydrogen) atoms. The maximum Gasteiger partial charge on any atom is 0.142 e. The number of benzene rings is 1. The summed E-state index contributed by atoms with van der Waals surface area (Å²) in [6.07, 6.45) is 1.89. The minimum absolute atomic E-state index is 0.214. The minimum atomic E-state index is 0.214. The van der Waals surface area contributed by atoms with E-state index in [0.29, 0.717) is 5.84 Å². The van der Waals surface area contributed by atoms with E-state index in [-0.39, 0.29) is 5.92 Å². The van der Waals surface area contributed by atoms with E-state index < -0.39 is 0 Å². The summed E-state index contributed by atoms with van der Waals surface area (Å²) in [6.45, 7) is 2.83. The lowest BCUT2D eigenvalue weighted by atomic mass is 9.96. The lowest BCUT2D eigenvalue weighted by molar-refractivity contribution is 0.198. The monoisotopic (exact) mass is 290 g/mol. The van der Waals surface area contributed by atoms with Crippen LogP contribution in [-0.2, 0) is 6.54 Å². The summed E-state index contributed by atoms with van der Waals surface area (Å²) in [4.78, 5) is 7.05. The quantitative estimate of drug-likeness (QED) is 0.393. The van der Waals surface area contributed by atoms with Crippen LogP contribution in [0.5, 0.6) is 0 Å². The number of nitrogens with zero attached hydrogens (tertiary/aromatic N) is 3. The number of rotatable bonds is 3. The highest BCUT2D eigenvalue weighted by molar-refractivity contribution is 7.18. The molecule has 1 aromatic carbocycles. The van der Waals surface area contributed by atoms with Gasteiger partial charge in [0.25, 0.3) is 0 Å². The van der Waals surface area contributed by atoms with Crippen molar-refractivity contribution >= 4 is 27.4 Å². The summed E-state index contributed by atoms with van der Waals surface area (Å²) >= 11 is 1.76. The molecule has 106 valence electrons. The second kappa shape index (κ2) is 5.76. The van der Waals surface area contributed by atoms with Gasteiger partial charge in [0.1, 0.15) is 10.8 Å². The van der Waals surface area contributed by atoms with Crippen LogP contribution in [0.15, 0.2) is 29.4 Å². The molecule has 1 aliphatic rings. The molecule has 5 nitrogen and oxygen atoms in total. The molecule has 0 radical (unpaired) electrons. The van der Waals surface area contributed by atoms with Gasteiger partial charge in [-0.15, -0.1) is 11.3 Å². The Morgan fingerprint density at radius 3 is 2.85 bits per heavy atom. The highest BCUT2D eigenvalue weighted by atomic mass is 32.1. The number of thiazole rings is 1. The van der Waals surface area contributed by atoms with Gasteiger partial charge in [-0.3, -0.25) is 4.90 Å². The first kappa shape index (κ1) is 13.3. The summed E-state index contributed by atoms with van der Waals surface area (Å²) in [7, 11) is 0. The van der Waals surface area contributed by atoms with E-state index in [2.05, 4.69) is 27.2 Å². The fraction of sp³-hybridized carbons (Fsp3) is 0.429. The van der Waals surface area contributed by atoms with Crippen LogP contribution in [0, 0.1) is 5.92 Å². The Morgan fingerprint density at radius 1 is 1.40 bits per heavy atom. The molecule has 6 heteroatoms. The van der Waals surface area contributed by atoms with Crippen molar-refractivity contribution in [2.24, 2.45) is 16.8 Å². The molecular weight excluding hydrogens is 272 g/mol. The molecule has 1 saturated heterocycles. The van der Waals surface area contributed by atoms with Crippen molar-refractivity contribution in [3.8, 4) is 0 Å². The maximum absolute atomic E-state index is 8.71. The number of aromatic nitrogens is 1. The number of hydrogen-bond donors (Lipinski definition) is 2. The summed E-state index contributed by atoms with van der Waals surface area (Å²) in [5, 5.41) is 13.0. The van der Waals surface area contributed by atoms with Crippen molar-refractivity contribution in [1.82, 2.24) is 9.88 Å². The fourth-order valence-corrected chi connectivity index (χ4v) is 3.66. The molecule has 2 aromatic rings. The van der Waals surface area contributed by atoms with Gasteiger partial charge in [-0.2, -0.15) is 0 Å². The SMILES string of the molecule is N/C(=N/O)C1CCN(Cc2nc3ccccc3s2)CC1. The van der Waals surface area contributed by atoms with Gasteiger partial charge in [0, 0.05) is 5.92 Å². The van der Waals surface area contributed by atoms with Crippen molar-refractivity contribution in [3.05, 3.63) is 29.3 Å². The van der Waals surface area contributed by atoms with Gasteiger partial charge in [-0.1, -0.05) is 17.3 Å². The third-order valence-corrected chi connectivity index (χ3v) is 4.84. The van der Waals surface area contributed by atoms with E-state index >= 15 is 0 Å². The van der Waals surface area contributed by atoms with Crippen LogP contribution in [-0.4, -0.2) is 34.0 Å². The number of fused-ring (bicyclic) bond motifs is 1. The molecule has 0 spiro atoms. The lowest BCUT2D eigenvalue weighted by Gasteiger charge is -2.30. The summed E-state index contributed by atoms with van der Waals surface area (Å²) in [6, 6.07) is 8.24. The number of nitrogens with two attached hydrogens (primary N) is 1. The van der Waals surface area contributed by atoms with Crippen molar-refractivity contribution in [2.75, 3.05) is 13.1 Å². The normalized spacial score (nSPS) is 18.7. The molecule has 0 atom stereocenters. The van der Waals surface area contributed by atoms with Crippen LogP contribution >= 0.6 is 11.3 Å². The highest BCUT2D eigenvalue weighted by Gasteiger charge is 2.22. The molecule has 3 N–H and O–H groups in total. The van der Waals surface area contributed by atoms with E-state index in [0.717, 1.165) is 43.0 Å². The number of para-hydroxylation sites is 1. The first-order chi connectivity index (χ1) is 9.76. The Morgan fingerprint density at radius 2 is 2.15 bits per heavy atom. The van der Waals surface area contributed by atoms with Gasteiger partial charge in [0.05, 0.1) is 16.8 Å². The Labute approximate surface area is 121 Å². The van der Waals surface area contributed by atoms with E-state index in [4.69, 9.17) is 10.9 Å². The Kier molecular flexibility index (Phi) is 3.84. The van der Waals surface area contributed by atoms with E-state index in [1.807, 2.05) is 12.1 Å². The zero-order valence-electron chi connectivity index (χ0n) is 11.2. The average Bonchev–Trinajstić information content (AvgIpc) is 2.89. The number of piperidine rings is 1. The smallest absolute Gasteiger partial charge is 0.142 e. The molecule has 0 unspecified atom stereocenters. The second-order valence-electron chi connectivity index (χ2n) is 5.15. The van der Waals surface area contributed by atoms with Crippen LogP contribution < -0.4 is 5.73 Å². The fourth-order valence-electron chi connectivity index (χ4n) is 2.65. The molecular formula is C14H18N4OS. The molecule has 1 fully saturated rings. The first-order valence-corrected chi connectivity index (χ1v) is 7.62. The molecule has 2 heterocycles. The van der Waals surface area contributed by atoms with Crippen LogP contribution in [0.3, 0.4) is 0 Å². The molecule has 0 amide bonds. The Bertz CT molecular complexity index is 583. The van der Waals surface area contributed by atoms with Gasteiger partial charge in [0.2, 0.25) is 0 Å². The zero-order chi connectivity index (χ0) is 13.9. The Hall–Kier alpha value is -1.66. The largest absolute Gasteiger partial charge is 0.409 e. The number of likely N-dealkylation sites (tertiary alicyclic amines) is 1. The lowest BCUT2D eigenvalue weighted by Crippen LogP contribution is -2.38. The number of oxime groups is 1. The predicted molar refractivity (Wildman–Crippen MR) is 81.0 cm³/mol. The van der Waals surface area contributed by atoms with Gasteiger partial charge in [-0.25, -0.2) is 4.98 Å². The Balaban J connectivity index is 1.62. The molecule has 0 bridgehead atoms. The van der Waals surface area contributed by atoms with E-state index in [1.54, 1.807) is 11.3 Å². The maximum atomic E-state index is 8.71. The summed E-state index contributed by atoms with van der Waals surface area (Å²) in [5.74, 6) is 0.580. The summed E-state index contributed by atoms with van der Waals surface area (Å²) < 4.78 is 1.24. The molecule has 1 aliphatic heterocycles. The van der Waals surface area contributed by atoms with Gasteiger partial charge in [0.15, 0.2) is 0 Å². The first-order valence-electron chi connectivity index (χ1n) is 6.80. The molecule has 0 saturated carbocycles. The third kappa shape index (κ3) is 2.76. The van der Waals surface area contributed by atoms with Crippen molar-refractivity contribution in [1.29, 1.82) is 0 Å². The average molecular weight is 290 g/mol. The van der Waals surface area contributed by atoms with Crippen molar-refractivity contribution < 1.29 is 5.21 Å². The molecule has 3 rings (SSSR count). The van der Waals surface area contributed by atoms with Crippen LogP contribution in [0.25, 0.3) is 10.2 Å². The van der Waals surface area contributed by atoms with Crippen molar-refractivity contribution in [3.63, 3.8) is 0 Å². The standard InChI is InChI=1S/C14H18N4OS/c15-14(17-19)10-5-7-18(8-6-10)9-13-16-11-3-1-2-4-12(11)20-13/h1-4,10,19H,5-9H2,(H2,15,17). The van der Waals surface area contributed by atoms with E-state index in [9.17, 15) is 0 Å². The van der Waals surface area contributed by atoms with Gasteiger partial charge >= 0.3 is 0 Å². The van der Waals surface area contributed by atoms with Crippen molar-refractivity contribution in [2.45, 2.75) is 19.4 Å². The second-order valence-corrected chi connectivity index (χ2v) is 6.27. The van der Waals surface area contributed by atoms with E-state index in [1.165, 1.54) is 4.70 Å². The number of amidine groups is 1. The van der Waals surface area contributed by atoms with Crippen LogP contribution in [0.4, 0.5) is 0 Å². The van der Waals surface area contributed by atoms with Gasteiger partial charge < -0.3 is 10.9 Å². The minimum Gasteiger partial charge on any atom is -0.409 e. The topological polar surface area (TPSA) is 74.7 Å². The zero-order valence-corrected chi connectivity index (χ0v) is 12.0. The molecule has 0 aliphatic carbocycles. The van der Waals surface area contributed by atoms with Gasteiger partial charge in [-0.05, 0) is 38.1 Å². The third-order valence-electron chi connectivity index (χ3n) is 3.82.